The summed E-state index contributed by atoms with van der Waals surface area (Å²) in [5, 5.41) is 5.59. The number of carbonyl (C=O) groups is 2. The van der Waals surface area contributed by atoms with E-state index in [1.165, 1.54) is 12.1 Å². The molecule has 4 nitrogen and oxygen atoms in total. The third kappa shape index (κ3) is 2.95. The summed E-state index contributed by atoms with van der Waals surface area (Å²) in [5.74, 6) is -0.658. The van der Waals surface area contributed by atoms with E-state index in [0.717, 1.165) is 11.3 Å². The summed E-state index contributed by atoms with van der Waals surface area (Å²) in [6, 6.07) is 11.3. The lowest BCUT2D eigenvalue weighted by atomic mass is 9.83. The molecule has 5 heteroatoms. The summed E-state index contributed by atoms with van der Waals surface area (Å²) in [4.78, 5) is 24.0. The molecule has 0 saturated carbocycles. The van der Waals surface area contributed by atoms with Gasteiger partial charge in [-0.25, -0.2) is 4.39 Å². The van der Waals surface area contributed by atoms with Gasteiger partial charge in [0.25, 0.3) is 0 Å². The van der Waals surface area contributed by atoms with E-state index in [2.05, 4.69) is 10.6 Å². The Bertz CT molecular complexity index is 799. The zero-order chi connectivity index (χ0) is 16.6. The number of halogens is 1. The molecule has 0 atom stereocenters. The molecule has 0 fully saturated rings. The van der Waals surface area contributed by atoms with Crippen molar-refractivity contribution in [3.63, 3.8) is 0 Å². The van der Waals surface area contributed by atoms with E-state index >= 15 is 0 Å². The van der Waals surface area contributed by atoms with E-state index < -0.39 is 5.41 Å². The van der Waals surface area contributed by atoms with Crippen molar-refractivity contribution in [1.82, 2.24) is 0 Å². The van der Waals surface area contributed by atoms with Crippen LogP contribution in [0.15, 0.2) is 42.5 Å². The van der Waals surface area contributed by atoms with E-state index in [4.69, 9.17) is 0 Å². The van der Waals surface area contributed by atoms with E-state index in [1.807, 2.05) is 0 Å². The highest BCUT2D eigenvalue weighted by molar-refractivity contribution is 6.02. The molecule has 2 N–H and O–H groups in total. The molecule has 0 aromatic heterocycles. The summed E-state index contributed by atoms with van der Waals surface area (Å²) in [5.41, 5.74) is 1.98. The fraction of sp³-hybridized carbons (Fsp3) is 0.222. The second kappa shape index (κ2) is 5.50. The van der Waals surface area contributed by atoms with Gasteiger partial charge in [0.05, 0.1) is 11.8 Å². The summed E-state index contributed by atoms with van der Waals surface area (Å²) in [6.45, 7) is 3.49. The number of hydrogen-bond acceptors (Lipinski definition) is 2. The maximum Gasteiger partial charge on any atom is 0.234 e. The van der Waals surface area contributed by atoms with Crippen molar-refractivity contribution in [2.45, 2.75) is 25.7 Å². The van der Waals surface area contributed by atoms with E-state index in [0.29, 0.717) is 17.7 Å². The molecule has 0 bridgehead atoms. The number of rotatable bonds is 3. The molecule has 3 rings (SSSR count). The highest BCUT2D eigenvalue weighted by Crippen LogP contribution is 2.29. The predicted molar refractivity (Wildman–Crippen MR) is 86.8 cm³/mol. The minimum absolute atomic E-state index is 0.0523. The Kier molecular flexibility index (Phi) is 3.64. The Morgan fingerprint density at radius 2 is 2.00 bits per heavy atom. The largest absolute Gasteiger partial charge is 0.326 e. The first-order valence-electron chi connectivity index (χ1n) is 7.36. The van der Waals surface area contributed by atoms with Gasteiger partial charge in [-0.05, 0) is 55.3 Å². The molecule has 2 amide bonds. The molecule has 23 heavy (non-hydrogen) atoms. The second-order valence-electron chi connectivity index (χ2n) is 6.19. The van der Waals surface area contributed by atoms with Gasteiger partial charge in [0.1, 0.15) is 5.82 Å². The lowest BCUT2D eigenvalue weighted by Gasteiger charge is -2.24. The fourth-order valence-corrected chi connectivity index (χ4v) is 2.60. The number of fused-ring (bicyclic) bond motifs is 1. The van der Waals surface area contributed by atoms with Gasteiger partial charge >= 0.3 is 0 Å². The molecular formula is C18H17FN2O2. The van der Waals surface area contributed by atoms with Crippen LogP contribution in [0.25, 0.3) is 0 Å². The van der Waals surface area contributed by atoms with Gasteiger partial charge in [-0.1, -0.05) is 12.1 Å². The molecule has 0 aliphatic carbocycles. The van der Waals surface area contributed by atoms with Crippen LogP contribution in [0.1, 0.15) is 25.0 Å². The third-order valence-electron chi connectivity index (χ3n) is 4.10. The number of nitrogens with one attached hydrogen (secondary N) is 2. The molecule has 118 valence electrons. The maximum atomic E-state index is 13.4. The first-order chi connectivity index (χ1) is 10.9. The van der Waals surface area contributed by atoms with Gasteiger partial charge in [0, 0.05) is 11.4 Å². The topological polar surface area (TPSA) is 58.2 Å². The molecular weight excluding hydrogens is 295 g/mol. The zero-order valence-electron chi connectivity index (χ0n) is 12.9. The molecule has 1 aliphatic heterocycles. The highest BCUT2D eigenvalue weighted by Gasteiger charge is 2.30. The van der Waals surface area contributed by atoms with Crippen molar-refractivity contribution >= 4 is 23.2 Å². The van der Waals surface area contributed by atoms with Crippen LogP contribution < -0.4 is 10.6 Å². The van der Waals surface area contributed by atoms with Crippen molar-refractivity contribution in [2.24, 2.45) is 0 Å². The fourth-order valence-electron chi connectivity index (χ4n) is 2.60. The smallest absolute Gasteiger partial charge is 0.234 e. The van der Waals surface area contributed by atoms with E-state index in [9.17, 15) is 14.0 Å². The molecule has 1 aliphatic rings. The first-order valence-corrected chi connectivity index (χ1v) is 7.36. The summed E-state index contributed by atoms with van der Waals surface area (Å²) in [6.07, 6.45) is 0.312. The SMILES string of the molecule is CC(C)(C(=O)Nc1ccc2c(c1)CC(=O)N2)c1cccc(F)c1. The van der Waals surface area contributed by atoms with Crippen LogP contribution in [0.3, 0.4) is 0 Å². The van der Waals surface area contributed by atoms with Gasteiger partial charge in [-0.3, -0.25) is 9.59 Å². The average molecular weight is 312 g/mol. The Labute approximate surface area is 133 Å². The minimum Gasteiger partial charge on any atom is -0.326 e. The zero-order valence-corrected chi connectivity index (χ0v) is 12.9. The van der Waals surface area contributed by atoms with Gasteiger partial charge in [0.15, 0.2) is 0 Å². The van der Waals surface area contributed by atoms with Crippen LogP contribution in [0.5, 0.6) is 0 Å². The lowest BCUT2D eigenvalue weighted by Crippen LogP contribution is -2.34. The molecule has 0 radical (unpaired) electrons. The number of carbonyl (C=O) groups excluding carboxylic acids is 2. The quantitative estimate of drug-likeness (QED) is 0.914. The van der Waals surface area contributed by atoms with Crippen LogP contribution in [0.4, 0.5) is 15.8 Å². The summed E-state index contributed by atoms with van der Waals surface area (Å²) < 4.78 is 13.4. The highest BCUT2D eigenvalue weighted by atomic mass is 19.1. The number of benzene rings is 2. The summed E-state index contributed by atoms with van der Waals surface area (Å²) >= 11 is 0. The van der Waals surface area contributed by atoms with Gasteiger partial charge in [0.2, 0.25) is 11.8 Å². The average Bonchev–Trinajstić information content (AvgIpc) is 2.86. The van der Waals surface area contributed by atoms with Gasteiger partial charge in [-0.15, -0.1) is 0 Å². The number of hydrogen-bond donors (Lipinski definition) is 2. The third-order valence-corrected chi connectivity index (χ3v) is 4.10. The van der Waals surface area contributed by atoms with E-state index in [-0.39, 0.29) is 17.6 Å². The Morgan fingerprint density at radius 1 is 1.22 bits per heavy atom. The Morgan fingerprint density at radius 3 is 2.74 bits per heavy atom. The van der Waals surface area contributed by atoms with Crippen molar-refractivity contribution in [3.05, 3.63) is 59.4 Å². The van der Waals surface area contributed by atoms with Gasteiger partial charge in [-0.2, -0.15) is 0 Å². The van der Waals surface area contributed by atoms with Crippen LogP contribution in [0, 0.1) is 5.82 Å². The maximum absolute atomic E-state index is 13.4. The van der Waals surface area contributed by atoms with Crippen LogP contribution >= 0.6 is 0 Å². The lowest BCUT2D eigenvalue weighted by molar-refractivity contribution is -0.120. The van der Waals surface area contributed by atoms with Crippen LogP contribution in [-0.4, -0.2) is 11.8 Å². The molecule has 0 spiro atoms. The number of amides is 2. The Hall–Kier alpha value is -2.69. The predicted octanol–water partition coefficient (Wildman–Crippen LogP) is 3.24. The van der Waals surface area contributed by atoms with Gasteiger partial charge < -0.3 is 10.6 Å². The van der Waals surface area contributed by atoms with Crippen molar-refractivity contribution in [2.75, 3.05) is 10.6 Å². The van der Waals surface area contributed by atoms with Crippen LogP contribution in [-0.2, 0) is 21.4 Å². The van der Waals surface area contributed by atoms with Crippen molar-refractivity contribution < 1.29 is 14.0 Å². The normalized spacial score (nSPS) is 13.4. The molecule has 1 heterocycles. The second-order valence-corrected chi connectivity index (χ2v) is 6.19. The Balaban J connectivity index is 1.81. The van der Waals surface area contributed by atoms with E-state index in [1.54, 1.807) is 44.2 Å². The molecule has 0 unspecified atom stereocenters. The summed E-state index contributed by atoms with van der Waals surface area (Å²) in [7, 11) is 0. The van der Waals surface area contributed by atoms with Crippen LogP contribution in [0.2, 0.25) is 0 Å². The van der Waals surface area contributed by atoms with Crippen molar-refractivity contribution in [3.8, 4) is 0 Å². The van der Waals surface area contributed by atoms with Crippen molar-refractivity contribution in [1.29, 1.82) is 0 Å². The molecule has 2 aromatic carbocycles. The first kappa shape index (κ1) is 15.2. The standard InChI is InChI=1S/C18H17FN2O2/c1-18(2,12-4-3-5-13(19)10-12)17(23)20-14-6-7-15-11(8-14)9-16(22)21-15/h3-8,10H,9H2,1-2H3,(H,20,23)(H,21,22). The monoisotopic (exact) mass is 312 g/mol. The molecule has 2 aromatic rings. The minimum atomic E-state index is -0.880. The molecule has 0 saturated heterocycles. The number of anilines is 2.